The fraction of sp³-hybridized carbons (Fsp3) is 0.154. The number of benzene rings is 1. The number of carbonyl (C=O) groups excluding carboxylic acids is 3. The summed E-state index contributed by atoms with van der Waals surface area (Å²) in [6.07, 6.45) is 0. The molecule has 11 heteroatoms. The van der Waals surface area contributed by atoms with Crippen molar-refractivity contribution < 1.29 is 19.3 Å². The van der Waals surface area contributed by atoms with Crippen molar-refractivity contribution in [2.75, 3.05) is 11.9 Å². The van der Waals surface area contributed by atoms with Crippen LogP contribution in [0.5, 0.6) is 0 Å². The van der Waals surface area contributed by atoms with Crippen LogP contribution in [0.4, 0.5) is 10.8 Å². The van der Waals surface area contributed by atoms with Crippen molar-refractivity contribution in [2.45, 2.75) is 6.92 Å². The topological polar surface area (TPSA) is 135 Å². The number of anilines is 1. The third-order valence-electron chi connectivity index (χ3n) is 3.24. The molecular weight excluding hydrogens is 338 g/mol. The maximum Gasteiger partial charge on any atom is 0.270 e. The van der Waals surface area contributed by atoms with Crippen molar-refractivity contribution in [1.82, 2.24) is 14.3 Å². The zero-order chi connectivity index (χ0) is 17.4. The summed E-state index contributed by atoms with van der Waals surface area (Å²) in [5.41, 5.74) is -0.357. The molecular formula is C13H9N5O5S. The van der Waals surface area contributed by atoms with Crippen molar-refractivity contribution >= 4 is 40.1 Å². The lowest BCUT2D eigenvalue weighted by Gasteiger charge is -2.12. The molecule has 3 rings (SSSR count). The minimum atomic E-state index is -0.748. The maximum atomic E-state index is 12.3. The highest BCUT2D eigenvalue weighted by Gasteiger charge is 2.37. The van der Waals surface area contributed by atoms with Crippen LogP contribution >= 0.6 is 11.5 Å². The van der Waals surface area contributed by atoms with E-state index in [0.717, 1.165) is 28.6 Å². The van der Waals surface area contributed by atoms with Gasteiger partial charge in [-0.25, -0.2) is 4.98 Å². The van der Waals surface area contributed by atoms with Gasteiger partial charge in [0.25, 0.3) is 17.5 Å². The first kappa shape index (κ1) is 15.7. The lowest BCUT2D eigenvalue weighted by molar-refractivity contribution is -0.384. The van der Waals surface area contributed by atoms with Gasteiger partial charge in [0.05, 0.1) is 16.1 Å². The van der Waals surface area contributed by atoms with Crippen molar-refractivity contribution in [3.8, 4) is 0 Å². The number of imide groups is 1. The number of nitro benzene ring substituents is 1. The largest absolute Gasteiger partial charge is 0.299 e. The lowest BCUT2D eigenvalue weighted by Crippen LogP contribution is -2.37. The van der Waals surface area contributed by atoms with E-state index in [2.05, 4.69) is 14.7 Å². The predicted octanol–water partition coefficient (Wildman–Crippen LogP) is 0.989. The normalized spacial score (nSPS) is 13.1. The van der Waals surface area contributed by atoms with Crippen molar-refractivity contribution in [1.29, 1.82) is 0 Å². The summed E-state index contributed by atoms with van der Waals surface area (Å²) in [5, 5.41) is 13.5. The molecule has 0 fully saturated rings. The molecule has 1 aromatic carbocycles. The molecule has 0 aliphatic carbocycles. The number of nitrogens with one attached hydrogen (secondary N) is 1. The van der Waals surface area contributed by atoms with Crippen molar-refractivity contribution in [2.24, 2.45) is 0 Å². The van der Waals surface area contributed by atoms with Gasteiger partial charge in [0.1, 0.15) is 12.4 Å². The summed E-state index contributed by atoms with van der Waals surface area (Å²) >= 11 is 0.973. The quantitative estimate of drug-likeness (QED) is 0.495. The molecule has 24 heavy (non-hydrogen) atoms. The van der Waals surface area contributed by atoms with E-state index in [1.54, 1.807) is 6.92 Å². The zero-order valence-corrected chi connectivity index (χ0v) is 13.0. The first-order valence-electron chi connectivity index (χ1n) is 6.61. The van der Waals surface area contributed by atoms with Gasteiger partial charge in [-0.1, -0.05) is 0 Å². The molecule has 10 nitrogen and oxygen atoms in total. The number of aryl methyl sites for hydroxylation is 1. The number of fused-ring (bicyclic) bond motifs is 1. The second-order valence-corrected chi connectivity index (χ2v) is 5.63. The molecule has 0 spiro atoms. The highest BCUT2D eigenvalue weighted by molar-refractivity contribution is 7.09. The van der Waals surface area contributed by atoms with E-state index in [9.17, 15) is 24.5 Å². The number of carbonyl (C=O) groups is 3. The summed E-state index contributed by atoms with van der Waals surface area (Å²) < 4.78 is 3.89. The highest BCUT2D eigenvalue weighted by Crippen LogP contribution is 2.26. The Hall–Kier alpha value is -3.21. The van der Waals surface area contributed by atoms with Gasteiger partial charge in [-0.05, 0) is 13.0 Å². The Balaban J connectivity index is 1.78. The van der Waals surface area contributed by atoms with Gasteiger partial charge in [-0.3, -0.25) is 34.7 Å². The highest BCUT2D eigenvalue weighted by atomic mass is 32.1. The molecule has 0 saturated carbocycles. The molecule has 2 heterocycles. The van der Waals surface area contributed by atoms with Crippen LogP contribution in [-0.2, 0) is 4.79 Å². The van der Waals surface area contributed by atoms with Crippen molar-refractivity contribution in [3.05, 3.63) is 45.3 Å². The zero-order valence-electron chi connectivity index (χ0n) is 12.2. The van der Waals surface area contributed by atoms with Crippen LogP contribution < -0.4 is 5.32 Å². The monoisotopic (exact) mass is 347 g/mol. The van der Waals surface area contributed by atoms with Crippen molar-refractivity contribution in [3.63, 3.8) is 0 Å². The summed E-state index contributed by atoms with van der Waals surface area (Å²) in [6.45, 7) is 1.14. The summed E-state index contributed by atoms with van der Waals surface area (Å²) in [5.74, 6) is -1.55. The van der Waals surface area contributed by atoms with E-state index in [4.69, 9.17) is 0 Å². The van der Waals surface area contributed by atoms with E-state index in [0.29, 0.717) is 5.82 Å². The molecule has 0 bridgehead atoms. The Morgan fingerprint density at radius 1 is 1.33 bits per heavy atom. The molecule has 122 valence electrons. The van der Waals surface area contributed by atoms with Crippen LogP contribution in [-0.4, -0.2) is 43.4 Å². The van der Waals surface area contributed by atoms with E-state index < -0.39 is 29.2 Å². The van der Waals surface area contributed by atoms with Gasteiger partial charge in [-0.2, -0.15) is 4.37 Å². The SMILES string of the molecule is Cc1nsc(NC(=O)CN2C(=O)c3ccc([N+](=O)[O-])cc3C2=O)n1. The van der Waals surface area contributed by atoms with Crippen LogP contribution in [0, 0.1) is 17.0 Å². The maximum absolute atomic E-state index is 12.3. The summed E-state index contributed by atoms with van der Waals surface area (Å²) in [4.78, 5) is 51.2. The summed E-state index contributed by atoms with van der Waals surface area (Å²) in [6, 6.07) is 3.37. The smallest absolute Gasteiger partial charge is 0.270 e. The molecule has 1 aromatic heterocycles. The van der Waals surface area contributed by atoms with Crippen LogP contribution in [0.25, 0.3) is 0 Å². The Bertz CT molecular complexity index is 893. The molecule has 0 unspecified atom stereocenters. The fourth-order valence-corrected chi connectivity index (χ4v) is 2.78. The molecule has 1 aliphatic rings. The first-order valence-corrected chi connectivity index (χ1v) is 7.39. The molecule has 0 radical (unpaired) electrons. The van der Waals surface area contributed by atoms with Gasteiger partial charge >= 0.3 is 0 Å². The Morgan fingerprint density at radius 3 is 2.67 bits per heavy atom. The number of aromatic nitrogens is 2. The molecule has 0 saturated heterocycles. The van der Waals surface area contributed by atoms with Crippen LogP contribution in [0.15, 0.2) is 18.2 Å². The van der Waals surface area contributed by atoms with Gasteiger partial charge in [0, 0.05) is 23.7 Å². The molecule has 3 amide bonds. The van der Waals surface area contributed by atoms with E-state index >= 15 is 0 Å². The van der Waals surface area contributed by atoms with E-state index in [1.807, 2.05) is 0 Å². The minimum Gasteiger partial charge on any atom is -0.299 e. The Kier molecular flexibility index (Phi) is 3.77. The predicted molar refractivity (Wildman–Crippen MR) is 81.7 cm³/mol. The van der Waals surface area contributed by atoms with E-state index in [-0.39, 0.29) is 21.9 Å². The number of amides is 3. The third kappa shape index (κ3) is 2.72. The average Bonchev–Trinajstić information content (AvgIpc) is 3.04. The Morgan fingerprint density at radius 2 is 2.04 bits per heavy atom. The number of nitrogens with zero attached hydrogens (tertiary/aromatic N) is 4. The van der Waals surface area contributed by atoms with Crippen LogP contribution in [0.2, 0.25) is 0 Å². The average molecular weight is 347 g/mol. The molecule has 1 aliphatic heterocycles. The number of hydrogen-bond donors (Lipinski definition) is 1. The molecule has 1 N–H and O–H groups in total. The van der Waals surface area contributed by atoms with Crippen LogP contribution in [0.1, 0.15) is 26.5 Å². The molecule has 0 atom stereocenters. The second kappa shape index (κ2) is 5.77. The number of hydrogen-bond acceptors (Lipinski definition) is 8. The fourth-order valence-electron chi connectivity index (χ4n) is 2.19. The number of non-ortho nitro benzene ring substituents is 1. The standard InChI is InChI=1S/C13H9N5O5S/c1-6-14-13(24-16-6)15-10(19)5-17-11(20)8-3-2-7(18(22)23)4-9(8)12(17)21/h2-4H,5H2,1H3,(H,14,15,16,19). The molecule has 2 aromatic rings. The first-order chi connectivity index (χ1) is 11.4. The van der Waals surface area contributed by atoms with Crippen LogP contribution in [0.3, 0.4) is 0 Å². The van der Waals surface area contributed by atoms with Gasteiger partial charge in [-0.15, -0.1) is 0 Å². The third-order valence-corrected chi connectivity index (χ3v) is 3.96. The Labute approximate surface area is 138 Å². The van der Waals surface area contributed by atoms with Gasteiger partial charge in [0.2, 0.25) is 11.0 Å². The summed E-state index contributed by atoms with van der Waals surface area (Å²) in [7, 11) is 0. The number of rotatable bonds is 4. The second-order valence-electron chi connectivity index (χ2n) is 4.88. The lowest BCUT2D eigenvalue weighted by atomic mass is 10.1. The van der Waals surface area contributed by atoms with Gasteiger partial charge in [0.15, 0.2) is 0 Å². The van der Waals surface area contributed by atoms with Gasteiger partial charge < -0.3 is 0 Å². The minimum absolute atomic E-state index is 0.0326. The number of nitro groups is 1. The van der Waals surface area contributed by atoms with E-state index in [1.165, 1.54) is 6.07 Å².